The summed E-state index contributed by atoms with van der Waals surface area (Å²) in [5.41, 5.74) is 1.01. The molecule has 2 rings (SSSR count). The number of aromatic nitrogens is 3. The zero-order valence-electron chi connectivity index (χ0n) is 11.2. The van der Waals surface area contributed by atoms with Gasteiger partial charge in [0.1, 0.15) is 10.8 Å². The molecule has 2 aromatic rings. The minimum Gasteiger partial charge on any atom is -0.308 e. The number of halogens is 2. The molecule has 0 radical (unpaired) electrons. The molecule has 0 unspecified atom stereocenters. The molecular formula is C13H14BrClN4O. The van der Waals surface area contributed by atoms with E-state index in [1.807, 2.05) is 19.0 Å². The van der Waals surface area contributed by atoms with Crippen molar-refractivity contribution in [3.63, 3.8) is 0 Å². The van der Waals surface area contributed by atoms with Crippen LogP contribution in [-0.4, -0.2) is 46.1 Å². The molecule has 0 N–H and O–H groups in total. The Kier molecular flexibility index (Phi) is 4.91. The lowest BCUT2D eigenvalue weighted by molar-refractivity contribution is 0.102. The van der Waals surface area contributed by atoms with Crippen molar-refractivity contribution in [3.8, 4) is 0 Å². The fourth-order valence-corrected chi connectivity index (χ4v) is 2.29. The molecule has 0 bridgehead atoms. The molecule has 0 amide bonds. The van der Waals surface area contributed by atoms with Crippen molar-refractivity contribution in [2.24, 2.45) is 0 Å². The van der Waals surface area contributed by atoms with Gasteiger partial charge in [-0.1, -0.05) is 11.6 Å². The molecule has 0 aliphatic rings. The number of carbonyl (C=O) groups excluding carboxylic acids is 1. The molecule has 0 spiro atoms. The molecule has 0 atom stereocenters. The van der Waals surface area contributed by atoms with E-state index >= 15 is 0 Å². The zero-order valence-corrected chi connectivity index (χ0v) is 13.5. The van der Waals surface area contributed by atoms with Crippen molar-refractivity contribution in [1.29, 1.82) is 0 Å². The van der Waals surface area contributed by atoms with Crippen LogP contribution in [0.5, 0.6) is 0 Å². The Morgan fingerprint density at radius 3 is 2.75 bits per heavy atom. The van der Waals surface area contributed by atoms with Crippen molar-refractivity contribution in [2.45, 2.75) is 6.54 Å². The van der Waals surface area contributed by atoms with Crippen molar-refractivity contribution in [2.75, 3.05) is 20.6 Å². The Labute approximate surface area is 130 Å². The lowest BCUT2D eigenvalue weighted by atomic mass is 10.1. The Hall–Kier alpha value is -1.24. The normalized spacial score (nSPS) is 11.1. The van der Waals surface area contributed by atoms with E-state index in [1.165, 1.54) is 6.20 Å². The van der Waals surface area contributed by atoms with Gasteiger partial charge in [-0.05, 0) is 42.2 Å². The number of rotatable bonds is 5. The topological polar surface area (TPSA) is 51.0 Å². The number of nitrogens with zero attached hydrogens (tertiary/aromatic N) is 4. The summed E-state index contributed by atoms with van der Waals surface area (Å²) in [7, 11) is 3.95. The van der Waals surface area contributed by atoms with Gasteiger partial charge in [0.2, 0.25) is 5.78 Å². The predicted molar refractivity (Wildman–Crippen MR) is 81.2 cm³/mol. The van der Waals surface area contributed by atoms with Crippen LogP contribution in [-0.2, 0) is 6.54 Å². The SMILES string of the molecule is CN(C)CCn1ncc(Br)c1C(=O)c1ccc(Cl)nc1. The quantitative estimate of drug-likeness (QED) is 0.609. The van der Waals surface area contributed by atoms with Gasteiger partial charge in [-0.2, -0.15) is 5.10 Å². The number of likely N-dealkylation sites (N-methyl/N-ethyl adjacent to an activating group) is 1. The Bertz CT molecular complexity index is 609. The molecule has 2 aromatic heterocycles. The van der Waals surface area contributed by atoms with E-state index in [4.69, 9.17) is 11.6 Å². The Morgan fingerprint density at radius 1 is 1.40 bits per heavy atom. The van der Waals surface area contributed by atoms with E-state index in [2.05, 4.69) is 26.0 Å². The second kappa shape index (κ2) is 6.47. The van der Waals surface area contributed by atoms with E-state index < -0.39 is 0 Å². The first-order chi connectivity index (χ1) is 9.49. The monoisotopic (exact) mass is 356 g/mol. The summed E-state index contributed by atoms with van der Waals surface area (Å²) in [6, 6.07) is 3.26. The highest BCUT2D eigenvalue weighted by molar-refractivity contribution is 9.10. The molecule has 0 fully saturated rings. The first-order valence-electron chi connectivity index (χ1n) is 6.01. The zero-order chi connectivity index (χ0) is 14.7. The third-order valence-corrected chi connectivity index (χ3v) is 3.56. The minimum atomic E-state index is -0.128. The molecule has 0 saturated heterocycles. The first-order valence-corrected chi connectivity index (χ1v) is 7.18. The van der Waals surface area contributed by atoms with Crippen LogP contribution in [0, 0.1) is 0 Å². The van der Waals surface area contributed by atoms with Crippen LogP contribution in [0.1, 0.15) is 16.1 Å². The summed E-state index contributed by atoms with van der Waals surface area (Å²) in [5.74, 6) is -0.128. The summed E-state index contributed by atoms with van der Waals surface area (Å²) in [6.07, 6.45) is 3.10. The van der Waals surface area contributed by atoms with Gasteiger partial charge in [0.05, 0.1) is 17.2 Å². The summed E-state index contributed by atoms with van der Waals surface area (Å²) in [6.45, 7) is 1.44. The van der Waals surface area contributed by atoms with E-state index in [-0.39, 0.29) is 5.78 Å². The summed E-state index contributed by atoms with van der Waals surface area (Å²) in [4.78, 5) is 18.5. The molecule has 0 aromatic carbocycles. The van der Waals surface area contributed by atoms with Gasteiger partial charge in [-0.25, -0.2) is 4.98 Å². The number of carbonyl (C=O) groups is 1. The van der Waals surface area contributed by atoms with Gasteiger partial charge in [-0.15, -0.1) is 0 Å². The van der Waals surface area contributed by atoms with Gasteiger partial charge in [-0.3, -0.25) is 9.48 Å². The van der Waals surface area contributed by atoms with Gasteiger partial charge in [0.25, 0.3) is 0 Å². The highest BCUT2D eigenvalue weighted by atomic mass is 79.9. The number of pyridine rings is 1. The number of ketones is 1. The van der Waals surface area contributed by atoms with Crippen LogP contribution in [0.3, 0.4) is 0 Å². The standard InChI is InChI=1S/C13H14BrClN4O/c1-18(2)5-6-19-12(10(14)8-17-19)13(20)9-3-4-11(15)16-7-9/h3-4,7-8H,5-6H2,1-2H3. The van der Waals surface area contributed by atoms with E-state index in [0.717, 1.165) is 6.54 Å². The highest BCUT2D eigenvalue weighted by Crippen LogP contribution is 2.20. The fraction of sp³-hybridized carbons (Fsp3) is 0.308. The van der Waals surface area contributed by atoms with Crippen molar-refractivity contribution >= 4 is 33.3 Å². The lowest BCUT2D eigenvalue weighted by Crippen LogP contribution is -2.21. The van der Waals surface area contributed by atoms with Gasteiger partial charge < -0.3 is 4.90 Å². The second-order valence-electron chi connectivity index (χ2n) is 4.57. The molecule has 0 aliphatic heterocycles. The maximum Gasteiger partial charge on any atom is 0.213 e. The Balaban J connectivity index is 2.29. The predicted octanol–water partition coefficient (Wildman–Crippen LogP) is 2.49. The molecule has 106 valence electrons. The first kappa shape index (κ1) is 15.2. The van der Waals surface area contributed by atoms with Crippen LogP contribution < -0.4 is 0 Å². The van der Waals surface area contributed by atoms with Crippen molar-refractivity contribution in [1.82, 2.24) is 19.7 Å². The van der Waals surface area contributed by atoms with Crippen LogP contribution in [0.4, 0.5) is 0 Å². The summed E-state index contributed by atoms with van der Waals surface area (Å²) >= 11 is 9.11. The molecule has 0 saturated carbocycles. The van der Waals surface area contributed by atoms with E-state index in [9.17, 15) is 4.79 Å². The molecule has 0 aliphatic carbocycles. The average molecular weight is 358 g/mol. The van der Waals surface area contributed by atoms with Crippen molar-refractivity contribution < 1.29 is 4.79 Å². The van der Waals surface area contributed by atoms with Crippen LogP contribution >= 0.6 is 27.5 Å². The molecule has 7 heteroatoms. The third kappa shape index (κ3) is 3.45. The largest absolute Gasteiger partial charge is 0.308 e. The maximum absolute atomic E-state index is 12.5. The Morgan fingerprint density at radius 2 is 2.15 bits per heavy atom. The van der Waals surface area contributed by atoms with E-state index in [0.29, 0.717) is 27.4 Å². The van der Waals surface area contributed by atoms with Crippen LogP contribution in [0.2, 0.25) is 5.15 Å². The molecule has 2 heterocycles. The number of hydrogen-bond donors (Lipinski definition) is 0. The van der Waals surface area contributed by atoms with Gasteiger partial charge in [0.15, 0.2) is 0 Å². The number of hydrogen-bond acceptors (Lipinski definition) is 4. The van der Waals surface area contributed by atoms with E-state index in [1.54, 1.807) is 23.0 Å². The summed E-state index contributed by atoms with van der Waals surface area (Å²) < 4.78 is 2.37. The average Bonchev–Trinajstić information content (AvgIpc) is 2.77. The van der Waals surface area contributed by atoms with Crippen molar-refractivity contribution in [3.05, 3.63) is 45.4 Å². The van der Waals surface area contributed by atoms with Gasteiger partial charge >= 0.3 is 0 Å². The second-order valence-corrected chi connectivity index (χ2v) is 5.81. The smallest absolute Gasteiger partial charge is 0.213 e. The maximum atomic E-state index is 12.5. The summed E-state index contributed by atoms with van der Waals surface area (Å²) in [5, 5.41) is 4.59. The third-order valence-electron chi connectivity index (χ3n) is 2.76. The van der Waals surface area contributed by atoms with Crippen LogP contribution in [0.15, 0.2) is 29.0 Å². The fourth-order valence-electron chi connectivity index (χ4n) is 1.70. The molecule has 20 heavy (non-hydrogen) atoms. The minimum absolute atomic E-state index is 0.128. The molecular weight excluding hydrogens is 344 g/mol. The lowest BCUT2D eigenvalue weighted by Gasteiger charge is -2.11. The highest BCUT2D eigenvalue weighted by Gasteiger charge is 2.19. The molecule has 5 nitrogen and oxygen atoms in total. The van der Waals surface area contributed by atoms with Crippen LogP contribution in [0.25, 0.3) is 0 Å². The van der Waals surface area contributed by atoms with Gasteiger partial charge in [0, 0.05) is 18.3 Å².